The number of pyridine rings is 1. The van der Waals surface area contributed by atoms with Crippen molar-refractivity contribution in [1.29, 1.82) is 0 Å². The van der Waals surface area contributed by atoms with Crippen LogP contribution in [0.4, 0.5) is 4.39 Å². The predicted octanol–water partition coefficient (Wildman–Crippen LogP) is 3.53. The molecule has 2 aromatic heterocycles. The molecule has 0 radical (unpaired) electrons. The van der Waals surface area contributed by atoms with Crippen molar-refractivity contribution < 1.29 is 19.0 Å². The maximum absolute atomic E-state index is 13.4. The summed E-state index contributed by atoms with van der Waals surface area (Å²) in [5.41, 5.74) is 2.34. The highest BCUT2D eigenvalue weighted by molar-refractivity contribution is 9.10. The third-order valence-electron chi connectivity index (χ3n) is 4.09. The average molecular weight is 447 g/mol. The van der Waals surface area contributed by atoms with Gasteiger partial charge in [0.1, 0.15) is 23.0 Å². The third-order valence-corrected chi connectivity index (χ3v) is 4.69. The molecule has 0 atom stereocenters. The van der Waals surface area contributed by atoms with Crippen molar-refractivity contribution in [2.75, 3.05) is 0 Å². The molecule has 0 saturated heterocycles. The zero-order valence-electron chi connectivity index (χ0n) is 14.7. The molecule has 7 nitrogen and oxygen atoms in total. The highest BCUT2D eigenvalue weighted by Gasteiger charge is 2.20. The molecule has 9 heteroatoms. The van der Waals surface area contributed by atoms with Crippen LogP contribution in [0, 0.1) is 5.82 Å². The van der Waals surface area contributed by atoms with Gasteiger partial charge in [-0.1, -0.05) is 22.4 Å². The van der Waals surface area contributed by atoms with E-state index in [9.17, 15) is 14.4 Å². The van der Waals surface area contributed by atoms with Crippen molar-refractivity contribution in [1.82, 2.24) is 15.3 Å². The van der Waals surface area contributed by atoms with Crippen LogP contribution in [0.25, 0.3) is 0 Å². The van der Waals surface area contributed by atoms with E-state index >= 15 is 0 Å². The van der Waals surface area contributed by atoms with E-state index in [0.29, 0.717) is 28.6 Å². The molecule has 0 fully saturated rings. The number of halogens is 2. The Labute approximate surface area is 168 Å². The summed E-state index contributed by atoms with van der Waals surface area (Å²) in [4.78, 5) is 16.3. The highest BCUT2D eigenvalue weighted by Crippen LogP contribution is 2.19. The third kappa shape index (κ3) is 5.07. The Balaban J connectivity index is 1.67. The van der Waals surface area contributed by atoms with E-state index in [1.54, 1.807) is 24.5 Å². The van der Waals surface area contributed by atoms with Gasteiger partial charge < -0.3 is 5.21 Å². The van der Waals surface area contributed by atoms with Crippen molar-refractivity contribution in [2.45, 2.75) is 25.7 Å². The Morgan fingerprint density at radius 2 is 2.07 bits per heavy atom. The van der Waals surface area contributed by atoms with E-state index in [1.165, 1.54) is 6.07 Å². The molecule has 0 bridgehead atoms. The van der Waals surface area contributed by atoms with Crippen LogP contribution in [0.1, 0.15) is 28.9 Å². The van der Waals surface area contributed by atoms with Crippen molar-refractivity contribution in [3.05, 3.63) is 75.5 Å². The maximum Gasteiger partial charge on any atom is 0.156 e. The quantitative estimate of drug-likeness (QED) is 0.322. The summed E-state index contributed by atoms with van der Waals surface area (Å²) in [5.74, 6) is -0.447. The smallest absolute Gasteiger partial charge is 0.156 e. The van der Waals surface area contributed by atoms with E-state index in [-0.39, 0.29) is 30.0 Å². The topological polar surface area (TPSA) is 101 Å². The number of hydrogen-bond donors (Lipinski definition) is 1. The molecule has 0 aliphatic carbocycles. The van der Waals surface area contributed by atoms with Crippen molar-refractivity contribution >= 4 is 27.4 Å². The zero-order chi connectivity index (χ0) is 19.9. The van der Waals surface area contributed by atoms with Gasteiger partial charge in [0, 0.05) is 25.2 Å². The first kappa shape index (κ1) is 19.8. The van der Waals surface area contributed by atoms with Crippen LogP contribution in [0.5, 0.6) is 0 Å². The molecule has 2 heterocycles. The van der Waals surface area contributed by atoms with E-state index in [4.69, 9.17) is 4.63 Å². The van der Waals surface area contributed by atoms with Crippen LogP contribution in [-0.2, 0) is 24.1 Å². The lowest BCUT2D eigenvalue weighted by molar-refractivity contribution is -0.118. The Morgan fingerprint density at radius 3 is 2.79 bits per heavy atom. The number of aromatic nitrogens is 3. The largest absolute Gasteiger partial charge is 0.411 e. The number of ketones is 1. The van der Waals surface area contributed by atoms with Gasteiger partial charge in [0.25, 0.3) is 0 Å². The van der Waals surface area contributed by atoms with Crippen molar-refractivity contribution in [2.24, 2.45) is 5.16 Å². The van der Waals surface area contributed by atoms with Crippen molar-refractivity contribution in [3.63, 3.8) is 0 Å². The summed E-state index contributed by atoms with van der Waals surface area (Å²) in [7, 11) is 0. The number of Topliss-reactive ketones (excluding diaryl/α,β-unsaturated/α-hetero) is 1. The standard InChI is InChI=1S/C19H16BrFN4O3/c20-15-8-13(4-6-16(15)21)9-17(23-27)19-18(24-28-25-19)10-14(26)5-3-12-2-1-7-22-11-12/h1-2,4,6-8,11,27H,3,5,9-10H2. The molecule has 0 amide bonds. The lowest BCUT2D eigenvalue weighted by Crippen LogP contribution is -2.12. The first-order chi connectivity index (χ1) is 13.6. The minimum absolute atomic E-state index is 0.00519. The van der Waals surface area contributed by atoms with Crippen LogP contribution in [0.15, 0.2) is 57.0 Å². The minimum Gasteiger partial charge on any atom is -0.411 e. The summed E-state index contributed by atoms with van der Waals surface area (Å²) in [6.07, 6.45) is 4.44. The molecule has 0 aliphatic heterocycles. The number of rotatable bonds is 8. The Hall–Kier alpha value is -2.94. The molecule has 144 valence electrons. The monoisotopic (exact) mass is 446 g/mol. The van der Waals surface area contributed by atoms with Crippen LogP contribution in [-0.4, -0.2) is 32.0 Å². The Kier molecular flexibility index (Phi) is 6.59. The van der Waals surface area contributed by atoms with Crippen LogP contribution in [0.2, 0.25) is 0 Å². The molecule has 1 aromatic carbocycles. The fraction of sp³-hybridized carbons (Fsp3) is 0.211. The molecule has 3 rings (SSSR count). The predicted molar refractivity (Wildman–Crippen MR) is 102 cm³/mol. The summed E-state index contributed by atoms with van der Waals surface area (Å²) < 4.78 is 18.4. The molecule has 0 saturated carbocycles. The molecule has 0 spiro atoms. The number of hydrogen-bond acceptors (Lipinski definition) is 7. The number of carbonyl (C=O) groups is 1. The van der Waals surface area contributed by atoms with Gasteiger partial charge >= 0.3 is 0 Å². The van der Waals surface area contributed by atoms with E-state index in [2.05, 4.69) is 36.4 Å². The van der Waals surface area contributed by atoms with Gasteiger partial charge in [-0.3, -0.25) is 9.78 Å². The minimum atomic E-state index is -0.394. The van der Waals surface area contributed by atoms with Gasteiger partial charge in [0.15, 0.2) is 5.69 Å². The Bertz CT molecular complexity index is 992. The maximum atomic E-state index is 13.4. The molecule has 1 N–H and O–H groups in total. The van der Waals surface area contributed by atoms with E-state index in [0.717, 1.165) is 5.56 Å². The van der Waals surface area contributed by atoms with Gasteiger partial charge in [0.05, 0.1) is 10.9 Å². The SMILES string of the molecule is O=C(CCc1cccnc1)Cc1nonc1C(Cc1ccc(F)c(Br)c1)=NO. The summed E-state index contributed by atoms with van der Waals surface area (Å²) in [5, 5.41) is 20.2. The molecule has 0 aliphatic rings. The first-order valence-electron chi connectivity index (χ1n) is 8.44. The van der Waals surface area contributed by atoms with E-state index in [1.807, 2.05) is 12.1 Å². The number of oxime groups is 1. The Morgan fingerprint density at radius 1 is 1.21 bits per heavy atom. The van der Waals surface area contributed by atoms with Gasteiger partial charge in [0.2, 0.25) is 0 Å². The van der Waals surface area contributed by atoms with Gasteiger partial charge in [-0.2, -0.15) is 0 Å². The number of carbonyl (C=O) groups excluding carboxylic acids is 1. The second-order valence-corrected chi connectivity index (χ2v) is 6.96. The fourth-order valence-electron chi connectivity index (χ4n) is 2.66. The van der Waals surface area contributed by atoms with Gasteiger partial charge in [-0.05, 0) is 56.8 Å². The van der Waals surface area contributed by atoms with Gasteiger partial charge in [-0.15, -0.1) is 0 Å². The normalized spacial score (nSPS) is 11.6. The molecule has 0 unspecified atom stereocenters. The second-order valence-electron chi connectivity index (χ2n) is 6.11. The summed E-state index contributed by atoms with van der Waals surface area (Å²) >= 11 is 3.12. The molecular formula is C19H16BrFN4O3. The van der Waals surface area contributed by atoms with Crippen LogP contribution < -0.4 is 0 Å². The van der Waals surface area contributed by atoms with Gasteiger partial charge in [-0.25, -0.2) is 9.02 Å². The lowest BCUT2D eigenvalue weighted by atomic mass is 10.0. The lowest BCUT2D eigenvalue weighted by Gasteiger charge is -2.05. The number of aryl methyl sites for hydroxylation is 1. The second kappa shape index (κ2) is 9.32. The van der Waals surface area contributed by atoms with Crippen LogP contribution in [0.3, 0.4) is 0 Å². The number of benzene rings is 1. The average Bonchev–Trinajstić information content (AvgIpc) is 3.16. The molecule has 28 heavy (non-hydrogen) atoms. The van der Waals surface area contributed by atoms with E-state index < -0.39 is 5.82 Å². The summed E-state index contributed by atoms with van der Waals surface area (Å²) in [6, 6.07) is 8.17. The van der Waals surface area contributed by atoms with Crippen LogP contribution >= 0.6 is 15.9 Å². The molecule has 3 aromatic rings. The zero-order valence-corrected chi connectivity index (χ0v) is 16.3. The highest BCUT2D eigenvalue weighted by atomic mass is 79.9. The summed E-state index contributed by atoms with van der Waals surface area (Å²) in [6.45, 7) is 0. The first-order valence-corrected chi connectivity index (χ1v) is 9.23. The number of nitrogens with zero attached hydrogens (tertiary/aromatic N) is 4. The fourth-order valence-corrected chi connectivity index (χ4v) is 3.08. The molecular weight excluding hydrogens is 431 g/mol. The van der Waals surface area contributed by atoms with Crippen molar-refractivity contribution in [3.8, 4) is 0 Å².